The van der Waals surface area contributed by atoms with E-state index >= 15 is 0 Å². The highest BCUT2D eigenvalue weighted by Crippen LogP contribution is 2.26. The molecule has 0 aliphatic heterocycles. The third kappa shape index (κ3) is 5.10. The minimum atomic E-state index is -0.279. The van der Waals surface area contributed by atoms with Crippen LogP contribution in [0.15, 0.2) is 29.2 Å². The van der Waals surface area contributed by atoms with Gasteiger partial charge in [-0.25, -0.2) is 4.79 Å². The Balaban J connectivity index is 2.61. The Kier molecular flexibility index (Phi) is 6.83. The lowest BCUT2D eigenvalue weighted by molar-refractivity contribution is 0.0332. The standard InChI is InChI=1S/C14H20O3S/c1-4-16-9-10-17-14(15)12-7-5-6-8-13(12)18-11(2)3/h5-8,11H,4,9-10H2,1-3H3. The normalized spacial score (nSPS) is 10.7. The quantitative estimate of drug-likeness (QED) is 0.431. The summed E-state index contributed by atoms with van der Waals surface area (Å²) in [4.78, 5) is 12.9. The molecule has 0 bridgehead atoms. The van der Waals surface area contributed by atoms with Crippen LogP contribution in [-0.4, -0.2) is 31.0 Å². The summed E-state index contributed by atoms with van der Waals surface area (Å²) < 4.78 is 10.3. The first-order valence-corrected chi connectivity index (χ1v) is 7.03. The van der Waals surface area contributed by atoms with E-state index in [1.807, 2.05) is 25.1 Å². The van der Waals surface area contributed by atoms with E-state index < -0.39 is 0 Å². The molecule has 100 valence electrons. The van der Waals surface area contributed by atoms with Crippen molar-refractivity contribution in [3.63, 3.8) is 0 Å². The molecule has 0 radical (unpaired) electrons. The third-order valence-corrected chi connectivity index (χ3v) is 3.22. The van der Waals surface area contributed by atoms with Crippen LogP contribution < -0.4 is 0 Å². The van der Waals surface area contributed by atoms with Gasteiger partial charge in [-0.05, 0) is 19.1 Å². The first-order valence-electron chi connectivity index (χ1n) is 6.15. The molecule has 0 amide bonds. The number of thioether (sulfide) groups is 1. The third-order valence-electron chi connectivity index (χ3n) is 2.13. The maximum absolute atomic E-state index is 11.9. The van der Waals surface area contributed by atoms with Crippen LogP contribution in [0.5, 0.6) is 0 Å². The van der Waals surface area contributed by atoms with Crippen LogP contribution in [0.3, 0.4) is 0 Å². The lowest BCUT2D eigenvalue weighted by atomic mass is 10.2. The molecule has 0 unspecified atom stereocenters. The average molecular weight is 268 g/mol. The smallest absolute Gasteiger partial charge is 0.339 e. The summed E-state index contributed by atoms with van der Waals surface area (Å²) >= 11 is 1.67. The van der Waals surface area contributed by atoms with E-state index in [9.17, 15) is 4.79 Å². The number of rotatable bonds is 7. The van der Waals surface area contributed by atoms with E-state index in [1.165, 1.54) is 0 Å². The van der Waals surface area contributed by atoms with Gasteiger partial charge < -0.3 is 9.47 Å². The highest BCUT2D eigenvalue weighted by atomic mass is 32.2. The number of ether oxygens (including phenoxy) is 2. The fourth-order valence-corrected chi connectivity index (χ4v) is 2.35. The Morgan fingerprint density at radius 1 is 1.28 bits per heavy atom. The van der Waals surface area contributed by atoms with E-state index in [0.717, 1.165) is 4.90 Å². The first-order chi connectivity index (χ1) is 8.65. The Morgan fingerprint density at radius 3 is 2.67 bits per heavy atom. The van der Waals surface area contributed by atoms with Gasteiger partial charge in [0.1, 0.15) is 6.61 Å². The van der Waals surface area contributed by atoms with Crippen molar-refractivity contribution in [1.29, 1.82) is 0 Å². The van der Waals surface area contributed by atoms with Gasteiger partial charge in [0.15, 0.2) is 0 Å². The van der Waals surface area contributed by atoms with Gasteiger partial charge >= 0.3 is 5.97 Å². The molecule has 0 spiro atoms. The molecule has 18 heavy (non-hydrogen) atoms. The van der Waals surface area contributed by atoms with Crippen LogP contribution in [0.1, 0.15) is 31.1 Å². The van der Waals surface area contributed by atoms with Crippen LogP contribution >= 0.6 is 11.8 Å². The zero-order valence-corrected chi connectivity index (χ0v) is 12.0. The van der Waals surface area contributed by atoms with Gasteiger partial charge in [0.2, 0.25) is 0 Å². The molecule has 0 saturated carbocycles. The van der Waals surface area contributed by atoms with Gasteiger partial charge in [0.25, 0.3) is 0 Å². The minimum absolute atomic E-state index is 0.279. The van der Waals surface area contributed by atoms with Crippen LogP contribution in [0, 0.1) is 0 Å². The fraction of sp³-hybridized carbons (Fsp3) is 0.500. The molecule has 3 nitrogen and oxygen atoms in total. The summed E-state index contributed by atoms with van der Waals surface area (Å²) in [7, 11) is 0. The summed E-state index contributed by atoms with van der Waals surface area (Å²) in [6.45, 7) is 7.49. The van der Waals surface area contributed by atoms with Crippen molar-refractivity contribution in [3.8, 4) is 0 Å². The summed E-state index contributed by atoms with van der Waals surface area (Å²) in [6.07, 6.45) is 0. The monoisotopic (exact) mass is 268 g/mol. The van der Waals surface area contributed by atoms with Crippen molar-refractivity contribution >= 4 is 17.7 Å². The second-order valence-corrected chi connectivity index (χ2v) is 5.61. The second kappa shape index (κ2) is 8.16. The summed E-state index contributed by atoms with van der Waals surface area (Å²) in [5.74, 6) is -0.279. The van der Waals surface area contributed by atoms with E-state index in [4.69, 9.17) is 9.47 Å². The lowest BCUT2D eigenvalue weighted by Gasteiger charge is -2.10. The van der Waals surface area contributed by atoms with E-state index in [-0.39, 0.29) is 5.97 Å². The number of carbonyl (C=O) groups is 1. The Bertz CT molecular complexity index is 377. The summed E-state index contributed by atoms with van der Waals surface area (Å²) in [5.41, 5.74) is 0.632. The van der Waals surface area contributed by atoms with Crippen molar-refractivity contribution in [2.75, 3.05) is 19.8 Å². The number of carbonyl (C=O) groups excluding carboxylic acids is 1. The molecule has 0 atom stereocenters. The highest BCUT2D eigenvalue weighted by molar-refractivity contribution is 8.00. The predicted octanol–water partition coefficient (Wildman–Crippen LogP) is 3.38. The van der Waals surface area contributed by atoms with Gasteiger partial charge in [0.05, 0.1) is 12.2 Å². The Morgan fingerprint density at radius 2 is 2.00 bits per heavy atom. The first kappa shape index (κ1) is 15.1. The van der Waals surface area contributed by atoms with Crippen molar-refractivity contribution in [1.82, 2.24) is 0 Å². The highest BCUT2D eigenvalue weighted by Gasteiger charge is 2.13. The Hall–Kier alpha value is -1.00. The van der Waals surface area contributed by atoms with Gasteiger partial charge in [-0.2, -0.15) is 0 Å². The molecule has 0 aromatic heterocycles. The molecular formula is C14H20O3S. The number of hydrogen-bond acceptors (Lipinski definition) is 4. The molecular weight excluding hydrogens is 248 g/mol. The number of benzene rings is 1. The fourth-order valence-electron chi connectivity index (χ4n) is 1.41. The molecule has 1 aromatic rings. The molecule has 0 saturated heterocycles. The van der Waals surface area contributed by atoms with E-state index in [2.05, 4.69) is 13.8 Å². The van der Waals surface area contributed by atoms with Crippen molar-refractivity contribution < 1.29 is 14.3 Å². The summed E-state index contributed by atoms with van der Waals surface area (Å²) in [5, 5.41) is 0.433. The molecule has 0 aliphatic carbocycles. The topological polar surface area (TPSA) is 35.5 Å². The zero-order chi connectivity index (χ0) is 13.4. The lowest BCUT2D eigenvalue weighted by Crippen LogP contribution is -2.11. The van der Waals surface area contributed by atoms with Crippen LogP contribution in [-0.2, 0) is 9.47 Å². The number of esters is 1. The number of hydrogen-bond donors (Lipinski definition) is 0. The van der Waals surface area contributed by atoms with Crippen LogP contribution in [0.2, 0.25) is 0 Å². The predicted molar refractivity (Wildman–Crippen MR) is 74.2 cm³/mol. The van der Waals surface area contributed by atoms with Gasteiger partial charge in [0, 0.05) is 16.8 Å². The average Bonchev–Trinajstić information content (AvgIpc) is 2.34. The zero-order valence-electron chi connectivity index (χ0n) is 11.1. The van der Waals surface area contributed by atoms with Crippen molar-refractivity contribution in [3.05, 3.63) is 29.8 Å². The maximum Gasteiger partial charge on any atom is 0.339 e. The molecule has 0 aliphatic rings. The van der Waals surface area contributed by atoms with E-state index in [0.29, 0.717) is 30.6 Å². The Labute approximate surface area is 113 Å². The van der Waals surface area contributed by atoms with E-state index in [1.54, 1.807) is 17.8 Å². The molecule has 1 aromatic carbocycles. The van der Waals surface area contributed by atoms with Crippen LogP contribution in [0.25, 0.3) is 0 Å². The van der Waals surface area contributed by atoms with Gasteiger partial charge in [-0.15, -0.1) is 11.8 Å². The van der Waals surface area contributed by atoms with Gasteiger partial charge in [-0.3, -0.25) is 0 Å². The van der Waals surface area contributed by atoms with Crippen molar-refractivity contribution in [2.24, 2.45) is 0 Å². The minimum Gasteiger partial charge on any atom is -0.460 e. The SMILES string of the molecule is CCOCCOC(=O)c1ccccc1SC(C)C. The van der Waals surface area contributed by atoms with Crippen LogP contribution in [0.4, 0.5) is 0 Å². The molecule has 1 rings (SSSR count). The largest absolute Gasteiger partial charge is 0.460 e. The van der Waals surface area contributed by atoms with Gasteiger partial charge in [-0.1, -0.05) is 26.0 Å². The molecule has 0 fully saturated rings. The summed E-state index contributed by atoms with van der Waals surface area (Å²) in [6, 6.07) is 7.53. The molecule has 0 heterocycles. The second-order valence-electron chi connectivity index (χ2n) is 4.00. The molecule has 4 heteroatoms. The molecule has 0 N–H and O–H groups in total. The maximum atomic E-state index is 11.9. The van der Waals surface area contributed by atoms with Crippen molar-refractivity contribution in [2.45, 2.75) is 30.9 Å².